The maximum Gasteiger partial charge on any atom is 0.187 e. The van der Waals surface area contributed by atoms with Crippen LogP contribution in [-0.2, 0) is 6.42 Å². The number of benzene rings is 1. The molecule has 5 nitrogen and oxygen atoms in total. The molecule has 84 valence electrons. The van der Waals surface area contributed by atoms with Gasteiger partial charge in [0, 0.05) is 28.3 Å². The standard InChI is InChI=1S/C12H10N4O/c13-16-15-12-6-3-9-8-2-1-7-14-10(8)4-5-11(9)17-12/h1-2,4-6,14H,3,7H2. The molecule has 2 aliphatic heterocycles. The average Bonchev–Trinajstić information content (AvgIpc) is 2.39. The molecule has 0 saturated heterocycles. The molecule has 2 aliphatic rings. The molecular formula is C12H10N4O. The van der Waals surface area contributed by atoms with E-state index in [1.54, 1.807) is 6.08 Å². The van der Waals surface area contributed by atoms with Crippen molar-refractivity contribution in [2.45, 2.75) is 6.42 Å². The zero-order valence-electron chi connectivity index (χ0n) is 9.05. The molecule has 3 rings (SSSR count). The van der Waals surface area contributed by atoms with Crippen LogP contribution in [0.1, 0.15) is 11.1 Å². The van der Waals surface area contributed by atoms with Gasteiger partial charge in [-0.25, -0.2) is 0 Å². The second-order valence-corrected chi connectivity index (χ2v) is 3.82. The van der Waals surface area contributed by atoms with E-state index in [4.69, 9.17) is 10.3 Å². The number of hydrogen-bond donors (Lipinski definition) is 1. The molecule has 1 aromatic rings. The van der Waals surface area contributed by atoms with Crippen molar-refractivity contribution in [2.75, 3.05) is 11.9 Å². The summed E-state index contributed by atoms with van der Waals surface area (Å²) in [5.41, 5.74) is 11.8. The van der Waals surface area contributed by atoms with Crippen LogP contribution in [0.4, 0.5) is 5.69 Å². The van der Waals surface area contributed by atoms with Crippen LogP contribution in [0.5, 0.6) is 5.75 Å². The number of nitrogens with zero attached hydrogens (tertiary/aromatic N) is 3. The summed E-state index contributed by atoms with van der Waals surface area (Å²) < 4.78 is 5.52. The van der Waals surface area contributed by atoms with Crippen molar-refractivity contribution in [3.05, 3.63) is 51.7 Å². The van der Waals surface area contributed by atoms with E-state index in [9.17, 15) is 0 Å². The quantitative estimate of drug-likeness (QED) is 0.453. The second kappa shape index (κ2) is 3.88. The molecule has 0 radical (unpaired) electrons. The van der Waals surface area contributed by atoms with Gasteiger partial charge in [-0.15, -0.1) is 0 Å². The minimum Gasteiger partial charge on any atom is -0.455 e. The molecule has 0 amide bonds. The number of nitrogens with one attached hydrogen (secondary N) is 1. The van der Waals surface area contributed by atoms with Gasteiger partial charge in [-0.1, -0.05) is 12.2 Å². The third-order valence-corrected chi connectivity index (χ3v) is 2.85. The highest BCUT2D eigenvalue weighted by Gasteiger charge is 2.17. The van der Waals surface area contributed by atoms with E-state index in [-0.39, 0.29) is 0 Å². The highest BCUT2D eigenvalue weighted by Crippen LogP contribution is 2.35. The van der Waals surface area contributed by atoms with E-state index in [0.29, 0.717) is 5.88 Å². The second-order valence-electron chi connectivity index (χ2n) is 3.82. The van der Waals surface area contributed by atoms with Crippen LogP contribution in [0.15, 0.2) is 35.3 Å². The fourth-order valence-electron chi connectivity index (χ4n) is 2.09. The summed E-state index contributed by atoms with van der Waals surface area (Å²) >= 11 is 0. The predicted octanol–water partition coefficient (Wildman–Crippen LogP) is 3.21. The molecule has 2 heterocycles. The zero-order valence-corrected chi connectivity index (χ0v) is 9.05. The largest absolute Gasteiger partial charge is 0.455 e. The topological polar surface area (TPSA) is 70.0 Å². The van der Waals surface area contributed by atoms with Gasteiger partial charge in [-0.05, 0) is 35.3 Å². The Labute approximate surface area is 98.0 Å². The Morgan fingerprint density at radius 3 is 3.24 bits per heavy atom. The minimum atomic E-state index is 0.327. The lowest BCUT2D eigenvalue weighted by Gasteiger charge is -2.22. The van der Waals surface area contributed by atoms with Gasteiger partial charge in [0.2, 0.25) is 0 Å². The first kappa shape index (κ1) is 9.81. The number of anilines is 1. The smallest absolute Gasteiger partial charge is 0.187 e. The fourth-order valence-corrected chi connectivity index (χ4v) is 2.09. The molecule has 0 saturated carbocycles. The van der Waals surface area contributed by atoms with E-state index in [0.717, 1.165) is 35.5 Å². The highest BCUT2D eigenvalue weighted by atomic mass is 16.5. The van der Waals surface area contributed by atoms with Crippen LogP contribution in [0.25, 0.3) is 16.5 Å². The van der Waals surface area contributed by atoms with Crippen LogP contribution in [0.2, 0.25) is 0 Å². The number of allylic oxidation sites excluding steroid dienone is 1. The summed E-state index contributed by atoms with van der Waals surface area (Å²) in [6.07, 6.45) is 6.69. The van der Waals surface area contributed by atoms with Crippen molar-refractivity contribution in [3.8, 4) is 5.75 Å². The fraction of sp³-hybridized carbons (Fsp3) is 0.167. The molecule has 0 aromatic heterocycles. The summed E-state index contributed by atoms with van der Waals surface area (Å²) in [5, 5.41) is 6.78. The summed E-state index contributed by atoms with van der Waals surface area (Å²) in [6, 6.07) is 3.89. The highest BCUT2D eigenvalue weighted by molar-refractivity contribution is 5.75. The van der Waals surface area contributed by atoms with Crippen molar-refractivity contribution in [2.24, 2.45) is 5.11 Å². The summed E-state index contributed by atoms with van der Waals surface area (Å²) in [4.78, 5) is 2.73. The van der Waals surface area contributed by atoms with Crippen LogP contribution in [-0.4, -0.2) is 6.54 Å². The maximum absolute atomic E-state index is 8.37. The summed E-state index contributed by atoms with van der Waals surface area (Å²) in [5.74, 6) is 1.09. The number of hydrogen-bond acceptors (Lipinski definition) is 3. The molecule has 0 bridgehead atoms. The molecule has 1 aromatic carbocycles. The Morgan fingerprint density at radius 2 is 2.35 bits per heavy atom. The van der Waals surface area contributed by atoms with Gasteiger partial charge in [0.05, 0.1) is 0 Å². The van der Waals surface area contributed by atoms with Gasteiger partial charge in [-0.3, -0.25) is 0 Å². The number of fused-ring (bicyclic) bond motifs is 3. The van der Waals surface area contributed by atoms with Crippen molar-refractivity contribution < 1.29 is 4.74 Å². The van der Waals surface area contributed by atoms with Crippen LogP contribution in [0.3, 0.4) is 0 Å². The van der Waals surface area contributed by atoms with Crippen LogP contribution >= 0.6 is 0 Å². The maximum atomic E-state index is 8.37. The lowest BCUT2D eigenvalue weighted by molar-refractivity contribution is 0.403. The van der Waals surface area contributed by atoms with Crippen molar-refractivity contribution in [3.63, 3.8) is 0 Å². The molecule has 0 spiro atoms. The lowest BCUT2D eigenvalue weighted by Crippen LogP contribution is -2.10. The molecule has 17 heavy (non-hydrogen) atoms. The number of azide groups is 1. The number of ether oxygens (including phenoxy) is 1. The molecular weight excluding hydrogens is 216 g/mol. The molecule has 0 fully saturated rings. The van der Waals surface area contributed by atoms with Crippen LogP contribution < -0.4 is 10.1 Å². The van der Waals surface area contributed by atoms with E-state index < -0.39 is 0 Å². The first-order valence-corrected chi connectivity index (χ1v) is 5.38. The van der Waals surface area contributed by atoms with Gasteiger partial charge >= 0.3 is 0 Å². The molecule has 1 N–H and O–H groups in total. The third-order valence-electron chi connectivity index (χ3n) is 2.85. The first-order valence-electron chi connectivity index (χ1n) is 5.38. The minimum absolute atomic E-state index is 0.327. The van der Waals surface area contributed by atoms with Gasteiger partial charge < -0.3 is 10.1 Å². The van der Waals surface area contributed by atoms with Gasteiger partial charge in [-0.2, -0.15) is 0 Å². The van der Waals surface area contributed by atoms with E-state index in [2.05, 4.69) is 27.5 Å². The first-order chi connectivity index (χ1) is 8.38. The van der Waals surface area contributed by atoms with E-state index in [1.165, 1.54) is 0 Å². The SMILES string of the molecule is [N-]=[N+]=NC1=CCc2c(ccc3c2C=CCN3)O1. The monoisotopic (exact) mass is 226 g/mol. The third kappa shape index (κ3) is 1.62. The van der Waals surface area contributed by atoms with E-state index in [1.807, 2.05) is 12.1 Å². The van der Waals surface area contributed by atoms with Crippen LogP contribution in [0, 0.1) is 0 Å². The zero-order chi connectivity index (χ0) is 11.7. The van der Waals surface area contributed by atoms with Gasteiger partial charge in [0.25, 0.3) is 0 Å². The lowest BCUT2D eigenvalue weighted by atomic mass is 9.98. The Hall–Kier alpha value is -2.39. The molecule has 0 aliphatic carbocycles. The molecule has 0 unspecified atom stereocenters. The molecule has 0 atom stereocenters. The Bertz CT molecular complexity index is 582. The van der Waals surface area contributed by atoms with E-state index >= 15 is 0 Å². The summed E-state index contributed by atoms with van der Waals surface area (Å²) in [7, 11) is 0. The van der Waals surface area contributed by atoms with Gasteiger partial charge in [0.1, 0.15) is 5.75 Å². The van der Waals surface area contributed by atoms with Crippen molar-refractivity contribution in [1.82, 2.24) is 0 Å². The van der Waals surface area contributed by atoms with Gasteiger partial charge in [0.15, 0.2) is 5.88 Å². The van der Waals surface area contributed by atoms with Crippen molar-refractivity contribution >= 4 is 11.8 Å². The van der Waals surface area contributed by atoms with Crippen molar-refractivity contribution in [1.29, 1.82) is 0 Å². The summed E-state index contributed by atoms with van der Waals surface area (Å²) in [6.45, 7) is 0.854. The Kier molecular flexibility index (Phi) is 2.24. The Balaban J connectivity index is 2.06. The number of rotatable bonds is 1. The normalized spacial score (nSPS) is 15.6. The Morgan fingerprint density at radius 1 is 1.41 bits per heavy atom. The predicted molar refractivity (Wildman–Crippen MR) is 65.5 cm³/mol. The molecule has 5 heteroatoms. The average molecular weight is 226 g/mol.